The lowest BCUT2D eigenvalue weighted by molar-refractivity contribution is -0.387. The third kappa shape index (κ3) is 9.73. The summed E-state index contributed by atoms with van der Waals surface area (Å²) >= 11 is 3.26. The van der Waals surface area contributed by atoms with Crippen LogP contribution >= 0.6 is 15.9 Å². The molecule has 48 heavy (non-hydrogen) atoms. The van der Waals surface area contributed by atoms with Gasteiger partial charge in [0.15, 0.2) is 4.90 Å². The van der Waals surface area contributed by atoms with Crippen LogP contribution in [0.2, 0.25) is 0 Å². The number of hydrogen-bond donors (Lipinski definition) is 0. The molecule has 0 fully saturated rings. The van der Waals surface area contributed by atoms with Crippen molar-refractivity contribution >= 4 is 53.7 Å². The number of sulfonamides is 2. The lowest BCUT2D eigenvalue weighted by Gasteiger charge is -2.27. The van der Waals surface area contributed by atoms with E-state index in [0.717, 1.165) is 16.4 Å². The number of amides is 1. The number of nitro benzene ring substituents is 1. The first-order chi connectivity index (χ1) is 22.5. The van der Waals surface area contributed by atoms with Gasteiger partial charge in [0.25, 0.3) is 15.7 Å². The first kappa shape index (κ1) is 37.9. The molecule has 1 amide bonds. The fourth-order valence-electron chi connectivity index (χ4n) is 3.98. The van der Waals surface area contributed by atoms with Crippen LogP contribution < -0.4 is 0 Å². The summed E-state index contributed by atoms with van der Waals surface area (Å²) in [6, 6.07) is 17.1. The van der Waals surface area contributed by atoms with E-state index in [4.69, 9.17) is 9.47 Å². The van der Waals surface area contributed by atoms with Crippen molar-refractivity contribution < 1.29 is 40.8 Å². The summed E-state index contributed by atoms with van der Waals surface area (Å²) in [7, 11) is -9.21. The van der Waals surface area contributed by atoms with Gasteiger partial charge in [0, 0.05) is 10.5 Å². The highest BCUT2D eigenvalue weighted by Crippen LogP contribution is 2.27. The zero-order chi connectivity index (χ0) is 35.7. The third-order valence-corrected chi connectivity index (χ3v) is 10.4. The zero-order valence-electron chi connectivity index (χ0n) is 26.1. The Kier molecular flexibility index (Phi) is 12.7. The lowest BCUT2D eigenvalue weighted by atomic mass is 10.2. The molecule has 0 saturated carbocycles. The second-order valence-corrected chi connectivity index (χ2v) is 15.5. The maximum atomic E-state index is 13.8. The SMILES string of the molecule is C=CC(COC(=O)c1ccccc1)N(CC#CCN(C(=O)OC(C)(C)C)S(=O)(=O)c1ccccc1[N+](=O)[O-])S(=O)(=O)c1ccc(Br)cc1. The Morgan fingerprint density at radius 3 is 2.10 bits per heavy atom. The predicted octanol–water partition coefficient (Wildman–Crippen LogP) is 5.39. The number of para-hydroxylation sites is 1. The number of halogens is 1. The van der Waals surface area contributed by atoms with Gasteiger partial charge in [-0.15, -0.1) is 6.58 Å². The molecule has 0 N–H and O–H groups in total. The summed E-state index contributed by atoms with van der Waals surface area (Å²) in [5.41, 5.74) is -1.68. The van der Waals surface area contributed by atoms with Crippen molar-refractivity contribution in [1.82, 2.24) is 8.61 Å². The van der Waals surface area contributed by atoms with Crippen LogP contribution in [0.5, 0.6) is 0 Å². The van der Waals surface area contributed by atoms with E-state index in [9.17, 15) is 36.5 Å². The van der Waals surface area contributed by atoms with Gasteiger partial charge in [0.2, 0.25) is 10.0 Å². The quantitative estimate of drug-likeness (QED) is 0.0767. The number of benzene rings is 3. The number of esters is 1. The molecule has 0 aromatic heterocycles. The van der Waals surface area contributed by atoms with Crippen molar-refractivity contribution in [3.8, 4) is 11.8 Å². The molecule has 1 unspecified atom stereocenters. The van der Waals surface area contributed by atoms with Gasteiger partial charge >= 0.3 is 12.1 Å². The Hall–Kier alpha value is -4.56. The number of hydrogen-bond acceptors (Lipinski definition) is 10. The highest BCUT2D eigenvalue weighted by Gasteiger charge is 2.37. The fourth-order valence-corrected chi connectivity index (χ4v) is 7.09. The molecule has 13 nitrogen and oxygen atoms in total. The molecule has 0 aliphatic rings. The van der Waals surface area contributed by atoms with Crippen LogP contribution in [-0.2, 0) is 29.5 Å². The number of nitro groups is 1. The summed E-state index contributed by atoms with van der Waals surface area (Å²) in [5, 5.41) is 11.6. The van der Waals surface area contributed by atoms with Crippen LogP contribution in [0.1, 0.15) is 31.1 Å². The van der Waals surface area contributed by atoms with Gasteiger partial charge < -0.3 is 9.47 Å². The molecule has 3 rings (SSSR count). The van der Waals surface area contributed by atoms with E-state index in [-0.39, 0.29) is 14.8 Å². The largest absolute Gasteiger partial charge is 0.460 e. The van der Waals surface area contributed by atoms with Gasteiger partial charge in [-0.2, -0.15) is 8.61 Å². The number of ether oxygens (including phenoxy) is 2. The molecule has 0 aliphatic heterocycles. The topological polar surface area (TPSA) is 170 Å². The van der Waals surface area contributed by atoms with Gasteiger partial charge in [-0.3, -0.25) is 10.1 Å². The van der Waals surface area contributed by atoms with Gasteiger partial charge in [0.1, 0.15) is 18.8 Å². The van der Waals surface area contributed by atoms with Crippen molar-refractivity contribution in [3.05, 3.63) is 112 Å². The van der Waals surface area contributed by atoms with E-state index >= 15 is 0 Å². The number of nitrogens with zero attached hydrogens (tertiary/aromatic N) is 3. The minimum absolute atomic E-state index is 0.122. The molecule has 16 heteroatoms. The van der Waals surface area contributed by atoms with Gasteiger partial charge in [-0.05, 0) is 63.2 Å². The van der Waals surface area contributed by atoms with Crippen LogP contribution in [0.4, 0.5) is 10.5 Å². The molecular weight excluding hydrogens is 730 g/mol. The first-order valence-corrected chi connectivity index (χ1v) is 17.7. The van der Waals surface area contributed by atoms with Gasteiger partial charge in [0.05, 0.1) is 28.0 Å². The normalized spacial score (nSPS) is 12.3. The van der Waals surface area contributed by atoms with Crippen LogP contribution in [0.25, 0.3) is 0 Å². The lowest BCUT2D eigenvalue weighted by Crippen LogP contribution is -2.43. The maximum absolute atomic E-state index is 13.8. The van der Waals surface area contributed by atoms with Crippen molar-refractivity contribution in [2.45, 2.75) is 42.2 Å². The fraction of sp³-hybridized carbons (Fsp3) is 0.250. The molecular formula is C32H32BrN3O10S2. The minimum atomic E-state index is -4.89. The number of rotatable bonds is 12. The highest BCUT2D eigenvalue weighted by atomic mass is 79.9. The molecule has 0 aliphatic carbocycles. The van der Waals surface area contributed by atoms with E-state index in [1.54, 1.807) is 18.2 Å². The van der Waals surface area contributed by atoms with Crippen LogP contribution in [0, 0.1) is 22.0 Å². The summed E-state index contributed by atoms with van der Waals surface area (Å²) in [5.74, 6) is 4.34. The Balaban J connectivity index is 1.99. The molecule has 3 aromatic rings. The first-order valence-electron chi connectivity index (χ1n) is 14.1. The van der Waals surface area contributed by atoms with E-state index in [1.807, 2.05) is 0 Å². The average Bonchev–Trinajstić information content (AvgIpc) is 3.03. The second-order valence-electron chi connectivity index (χ2n) is 10.8. The van der Waals surface area contributed by atoms with E-state index in [1.165, 1.54) is 75.4 Å². The summed E-state index contributed by atoms with van der Waals surface area (Å²) < 4.78 is 67.2. The highest BCUT2D eigenvalue weighted by molar-refractivity contribution is 9.10. The summed E-state index contributed by atoms with van der Waals surface area (Å²) in [6.07, 6.45) is -0.103. The number of carbonyl (C=O) groups is 2. The second kappa shape index (κ2) is 16.0. The Morgan fingerprint density at radius 1 is 0.938 bits per heavy atom. The maximum Gasteiger partial charge on any atom is 0.425 e. The van der Waals surface area contributed by atoms with Crippen molar-refractivity contribution in [2.24, 2.45) is 0 Å². The van der Waals surface area contributed by atoms with E-state index in [0.29, 0.717) is 4.47 Å². The monoisotopic (exact) mass is 761 g/mol. The van der Waals surface area contributed by atoms with E-state index < -0.39 is 79.0 Å². The molecule has 0 saturated heterocycles. The van der Waals surface area contributed by atoms with Crippen molar-refractivity contribution in [1.29, 1.82) is 0 Å². The molecule has 0 bridgehead atoms. The van der Waals surface area contributed by atoms with Gasteiger partial charge in [-0.25, -0.2) is 26.4 Å². The van der Waals surface area contributed by atoms with Crippen LogP contribution in [0.15, 0.2) is 106 Å². The minimum Gasteiger partial charge on any atom is -0.460 e. The smallest absolute Gasteiger partial charge is 0.425 e. The standard InChI is InChI=1S/C32H32BrN3O10S2/c1-5-26(23-45-30(37)24-13-7-6-8-14-24)34(47(41,42)27-19-17-25(33)18-20-27)21-11-12-22-35(31(38)46-32(2,3)4)48(43,44)29-16-10-9-15-28(29)36(39)40/h5-10,13-20,26H,1,21-23H2,2-4H3. The molecule has 0 spiro atoms. The van der Waals surface area contributed by atoms with Crippen LogP contribution in [-0.4, -0.2) is 73.8 Å². The molecule has 1 atom stereocenters. The molecule has 0 radical (unpaired) electrons. The third-order valence-electron chi connectivity index (χ3n) is 6.27. The van der Waals surface area contributed by atoms with Crippen LogP contribution in [0.3, 0.4) is 0 Å². The Bertz CT molecular complexity index is 1940. The Labute approximate surface area is 287 Å². The number of carbonyl (C=O) groups excluding carboxylic acids is 2. The molecule has 0 heterocycles. The molecule has 3 aromatic carbocycles. The van der Waals surface area contributed by atoms with Crippen molar-refractivity contribution in [3.63, 3.8) is 0 Å². The average molecular weight is 763 g/mol. The summed E-state index contributed by atoms with van der Waals surface area (Å²) in [6.45, 7) is 6.34. The van der Waals surface area contributed by atoms with Gasteiger partial charge in [-0.1, -0.05) is 64.2 Å². The van der Waals surface area contributed by atoms with E-state index in [2.05, 4.69) is 34.3 Å². The predicted molar refractivity (Wildman–Crippen MR) is 180 cm³/mol. The Morgan fingerprint density at radius 2 is 1.52 bits per heavy atom. The zero-order valence-corrected chi connectivity index (χ0v) is 29.3. The molecule has 254 valence electrons. The van der Waals surface area contributed by atoms with Crippen molar-refractivity contribution in [2.75, 3.05) is 19.7 Å². The summed E-state index contributed by atoms with van der Waals surface area (Å²) in [4.78, 5) is 35.5.